The predicted molar refractivity (Wildman–Crippen MR) is 132 cm³/mol. The van der Waals surface area contributed by atoms with Crippen LogP contribution < -0.4 is 5.32 Å². The molecule has 186 valence electrons. The van der Waals surface area contributed by atoms with E-state index in [1.807, 2.05) is 41.2 Å². The summed E-state index contributed by atoms with van der Waals surface area (Å²) in [7, 11) is 0. The molecule has 1 amide bonds. The first kappa shape index (κ1) is 22.9. The maximum atomic E-state index is 13.6. The molecule has 0 spiro atoms. The van der Waals surface area contributed by atoms with Crippen LogP contribution in [0.3, 0.4) is 0 Å². The summed E-state index contributed by atoms with van der Waals surface area (Å²) in [4.78, 5) is 18.3. The minimum absolute atomic E-state index is 0.0653. The Bertz CT molecular complexity index is 1370. The molecule has 8 nitrogen and oxygen atoms in total. The van der Waals surface area contributed by atoms with Gasteiger partial charge >= 0.3 is 0 Å². The summed E-state index contributed by atoms with van der Waals surface area (Å²) in [5, 5.41) is 13.1. The van der Waals surface area contributed by atoms with Gasteiger partial charge in [0.25, 0.3) is 0 Å². The van der Waals surface area contributed by atoms with Gasteiger partial charge in [0.2, 0.25) is 5.91 Å². The van der Waals surface area contributed by atoms with Crippen molar-refractivity contribution in [2.45, 2.75) is 51.1 Å². The van der Waals surface area contributed by atoms with Crippen LogP contribution in [-0.2, 0) is 35.6 Å². The van der Waals surface area contributed by atoms with E-state index in [-0.39, 0.29) is 23.9 Å². The number of ether oxygens (including phenoxy) is 1. The number of carbonyl (C=O) groups excluding carboxylic acids is 1. The number of rotatable bonds is 6. The van der Waals surface area contributed by atoms with Crippen LogP contribution in [0.25, 0.3) is 10.9 Å². The summed E-state index contributed by atoms with van der Waals surface area (Å²) in [5.41, 5.74) is 4.80. The van der Waals surface area contributed by atoms with Crippen LogP contribution in [0, 0.1) is 5.82 Å². The van der Waals surface area contributed by atoms with E-state index in [2.05, 4.69) is 25.5 Å². The highest BCUT2D eigenvalue weighted by Gasteiger charge is 2.27. The maximum Gasteiger partial charge on any atom is 0.224 e. The number of hydrogen-bond acceptors (Lipinski definition) is 5. The van der Waals surface area contributed by atoms with Crippen molar-refractivity contribution in [2.75, 3.05) is 13.1 Å². The number of fused-ring (bicyclic) bond motifs is 2. The molecule has 6 rings (SSSR count). The molecule has 4 heterocycles. The van der Waals surface area contributed by atoms with Gasteiger partial charge in [-0.3, -0.25) is 9.69 Å². The van der Waals surface area contributed by atoms with Gasteiger partial charge in [-0.15, -0.1) is 5.10 Å². The van der Waals surface area contributed by atoms with Crippen LogP contribution >= 0.6 is 0 Å². The number of aromatic amines is 1. The number of likely N-dealkylation sites (tertiary alicyclic amines) is 1. The standard InChI is InChI=1S/C27H29FN6O2/c28-20-5-3-4-18(12-20)26-16-34-25(17-36-26)24(31-32-34)15-33-10-8-21(9-11-33)30-27(35)13-19-14-29-23-7-2-1-6-22(19)23/h1-7,12,14,21,26,29H,8-11,13,15-17H2,(H,30,35)/t26-/m0/s1. The third-order valence-electron chi connectivity index (χ3n) is 7.25. The highest BCUT2D eigenvalue weighted by atomic mass is 19.1. The fourth-order valence-electron chi connectivity index (χ4n) is 5.27. The van der Waals surface area contributed by atoms with Crippen LogP contribution in [-0.4, -0.2) is 49.9 Å². The zero-order valence-electron chi connectivity index (χ0n) is 20.0. The molecule has 2 aliphatic heterocycles. The minimum atomic E-state index is -0.265. The number of aromatic nitrogens is 4. The Labute approximate surface area is 208 Å². The quantitative estimate of drug-likeness (QED) is 0.434. The molecule has 2 aliphatic rings. The molecule has 0 bridgehead atoms. The largest absolute Gasteiger partial charge is 0.365 e. The van der Waals surface area contributed by atoms with Crippen molar-refractivity contribution in [2.24, 2.45) is 0 Å². The monoisotopic (exact) mass is 488 g/mol. The zero-order chi connectivity index (χ0) is 24.5. The molecule has 0 saturated carbocycles. The number of amides is 1. The minimum Gasteiger partial charge on any atom is -0.365 e. The molecular weight excluding hydrogens is 459 g/mol. The summed E-state index contributed by atoms with van der Waals surface area (Å²) >= 11 is 0. The number of nitrogens with zero attached hydrogens (tertiary/aromatic N) is 4. The maximum absolute atomic E-state index is 13.6. The molecule has 2 aromatic carbocycles. The lowest BCUT2D eigenvalue weighted by molar-refractivity contribution is -0.121. The normalized spacial score (nSPS) is 18.9. The van der Waals surface area contributed by atoms with Crippen molar-refractivity contribution in [3.63, 3.8) is 0 Å². The van der Waals surface area contributed by atoms with Gasteiger partial charge in [0.05, 0.1) is 25.3 Å². The number of hydrogen-bond donors (Lipinski definition) is 2. The molecule has 0 aliphatic carbocycles. The number of piperidine rings is 1. The summed E-state index contributed by atoms with van der Waals surface area (Å²) in [6, 6.07) is 14.8. The molecule has 0 unspecified atom stereocenters. The molecule has 4 aromatic rings. The number of halogens is 1. The zero-order valence-corrected chi connectivity index (χ0v) is 20.0. The van der Waals surface area contributed by atoms with Crippen molar-refractivity contribution in [1.82, 2.24) is 30.2 Å². The van der Waals surface area contributed by atoms with Crippen LogP contribution in [0.4, 0.5) is 4.39 Å². The fraction of sp³-hybridized carbons (Fsp3) is 0.370. The molecule has 1 atom stereocenters. The second-order valence-electron chi connectivity index (χ2n) is 9.67. The molecule has 36 heavy (non-hydrogen) atoms. The van der Waals surface area contributed by atoms with E-state index in [0.29, 0.717) is 26.1 Å². The topological polar surface area (TPSA) is 88.1 Å². The summed E-state index contributed by atoms with van der Waals surface area (Å²) in [5.74, 6) is -0.200. The highest BCUT2D eigenvalue weighted by Crippen LogP contribution is 2.28. The molecule has 1 fully saturated rings. The lowest BCUT2D eigenvalue weighted by Gasteiger charge is -2.32. The van der Waals surface area contributed by atoms with Crippen molar-refractivity contribution in [1.29, 1.82) is 0 Å². The van der Waals surface area contributed by atoms with Gasteiger partial charge in [-0.05, 0) is 42.2 Å². The first-order valence-electron chi connectivity index (χ1n) is 12.5. The van der Waals surface area contributed by atoms with Crippen LogP contribution in [0.5, 0.6) is 0 Å². The average molecular weight is 489 g/mol. The van der Waals surface area contributed by atoms with Crippen molar-refractivity contribution < 1.29 is 13.9 Å². The number of para-hydroxylation sites is 1. The second kappa shape index (κ2) is 9.83. The number of benzene rings is 2. The van der Waals surface area contributed by atoms with Gasteiger partial charge < -0.3 is 15.0 Å². The Kier molecular flexibility index (Phi) is 6.25. The molecule has 9 heteroatoms. The van der Waals surface area contributed by atoms with Gasteiger partial charge in [-0.1, -0.05) is 35.5 Å². The van der Waals surface area contributed by atoms with Gasteiger partial charge in [0.1, 0.15) is 17.6 Å². The first-order valence-corrected chi connectivity index (χ1v) is 12.5. The Balaban J connectivity index is 1.00. The van der Waals surface area contributed by atoms with E-state index in [4.69, 9.17) is 4.74 Å². The Morgan fingerprint density at radius 2 is 2.03 bits per heavy atom. The van der Waals surface area contributed by atoms with Gasteiger partial charge in [-0.2, -0.15) is 0 Å². The predicted octanol–water partition coefficient (Wildman–Crippen LogP) is 3.49. The van der Waals surface area contributed by atoms with E-state index in [1.165, 1.54) is 12.1 Å². The Hall–Kier alpha value is -3.56. The van der Waals surface area contributed by atoms with E-state index >= 15 is 0 Å². The summed E-state index contributed by atoms with van der Waals surface area (Å²) < 4.78 is 21.5. The number of H-pyrrole nitrogens is 1. The van der Waals surface area contributed by atoms with Gasteiger partial charge in [0.15, 0.2) is 0 Å². The van der Waals surface area contributed by atoms with Crippen LogP contribution in [0.2, 0.25) is 0 Å². The highest BCUT2D eigenvalue weighted by molar-refractivity contribution is 5.88. The SMILES string of the molecule is O=C(Cc1c[nH]c2ccccc12)NC1CCN(Cc2nnn3c2CO[C@H](c2cccc(F)c2)C3)CC1. The smallest absolute Gasteiger partial charge is 0.224 e. The third kappa shape index (κ3) is 4.76. The molecule has 2 N–H and O–H groups in total. The molecule has 2 aromatic heterocycles. The van der Waals surface area contributed by atoms with Crippen molar-refractivity contribution >= 4 is 16.8 Å². The lowest BCUT2D eigenvalue weighted by Crippen LogP contribution is -2.44. The molecule has 0 radical (unpaired) electrons. The van der Waals surface area contributed by atoms with E-state index in [9.17, 15) is 9.18 Å². The average Bonchev–Trinajstić information content (AvgIpc) is 3.49. The van der Waals surface area contributed by atoms with Crippen LogP contribution in [0.1, 0.15) is 41.5 Å². The van der Waals surface area contributed by atoms with Crippen molar-refractivity contribution in [3.05, 3.63) is 83.1 Å². The van der Waals surface area contributed by atoms with E-state index < -0.39 is 0 Å². The van der Waals surface area contributed by atoms with E-state index in [1.54, 1.807) is 6.07 Å². The van der Waals surface area contributed by atoms with Crippen LogP contribution in [0.15, 0.2) is 54.7 Å². The Morgan fingerprint density at radius 3 is 2.89 bits per heavy atom. The summed E-state index contributed by atoms with van der Waals surface area (Å²) in [6.07, 6.45) is 3.89. The number of carbonyl (C=O) groups is 1. The van der Waals surface area contributed by atoms with Gasteiger partial charge in [-0.25, -0.2) is 9.07 Å². The summed E-state index contributed by atoms with van der Waals surface area (Å²) in [6.45, 7) is 3.41. The van der Waals surface area contributed by atoms with Crippen molar-refractivity contribution in [3.8, 4) is 0 Å². The lowest BCUT2D eigenvalue weighted by atomic mass is 10.0. The van der Waals surface area contributed by atoms with E-state index in [0.717, 1.165) is 59.3 Å². The number of nitrogens with one attached hydrogen (secondary N) is 2. The fourth-order valence-corrected chi connectivity index (χ4v) is 5.27. The second-order valence-corrected chi connectivity index (χ2v) is 9.67. The Morgan fingerprint density at radius 1 is 1.17 bits per heavy atom. The molecule has 1 saturated heterocycles. The third-order valence-corrected chi connectivity index (χ3v) is 7.25. The molecular formula is C27H29FN6O2. The first-order chi connectivity index (χ1) is 17.6. The van der Waals surface area contributed by atoms with Gasteiger partial charge in [0, 0.05) is 42.8 Å².